The van der Waals surface area contributed by atoms with Crippen LogP contribution in [-0.4, -0.2) is 15.1 Å². The topological polar surface area (TPSA) is 0 Å². The van der Waals surface area contributed by atoms with Crippen molar-refractivity contribution in [3.05, 3.63) is 24.3 Å². The van der Waals surface area contributed by atoms with Crippen LogP contribution in [0.4, 0.5) is 12.9 Å². The molecule has 14 heavy (non-hydrogen) atoms. The lowest BCUT2D eigenvalue weighted by Crippen LogP contribution is -2.43. The zero-order chi connectivity index (χ0) is 11.0. The molecule has 0 bridgehead atoms. The summed E-state index contributed by atoms with van der Waals surface area (Å²) in [5, 5.41) is 0.856. The van der Waals surface area contributed by atoms with Gasteiger partial charge in [0.25, 0.3) is 0 Å². The van der Waals surface area contributed by atoms with Crippen LogP contribution < -0.4 is 10.6 Å². The van der Waals surface area contributed by atoms with Crippen LogP contribution in [0.1, 0.15) is 0 Å². The van der Waals surface area contributed by atoms with E-state index in [9.17, 15) is 12.9 Å². The Morgan fingerprint density at radius 1 is 1.07 bits per heavy atom. The van der Waals surface area contributed by atoms with Gasteiger partial charge in [-0.15, -0.1) is 5.46 Å². The van der Waals surface area contributed by atoms with Gasteiger partial charge in [-0.1, -0.05) is 49.1 Å². The number of benzene rings is 1. The smallest absolute Gasteiger partial charge is 0.445 e. The van der Waals surface area contributed by atoms with Crippen LogP contribution in [0.15, 0.2) is 24.3 Å². The third-order valence-electron chi connectivity index (χ3n) is 2.13. The molecule has 78 valence electrons. The van der Waals surface area contributed by atoms with E-state index >= 15 is 0 Å². The number of hydrogen-bond donors (Lipinski definition) is 0. The summed E-state index contributed by atoms with van der Waals surface area (Å²) in [7, 11) is -1.63. The highest BCUT2D eigenvalue weighted by atomic mass is 28.3. The van der Waals surface area contributed by atoms with Gasteiger partial charge in [-0.25, -0.2) is 0 Å². The molecular formula is C9H13BF3Si-. The lowest BCUT2D eigenvalue weighted by molar-refractivity contribution is 0.501. The Morgan fingerprint density at radius 2 is 1.64 bits per heavy atom. The minimum Gasteiger partial charge on any atom is -0.445 e. The summed E-state index contributed by atoms with van der Waals surface area (Å²) in [6.45, 7) is 1.26. The SMILES string of the molecule is C[Si](C)(C)c1cccc([B-](F)(F)F)c1. The Kier molecular flexibility index (Phi) is 2.81. The molecule has 5 heteroatoms. The van der Waals surface area contributed by atoms with Gasteiger partial charge < -0.3 is 12.9 Å². The predicted octanol–water partition coefficient (Wildman–Crippen LogP) is 2.29. The molecule has 1 aromatic carbocycles. The Balaban J connectivity index is 3.15. The molecule has 0 aliphatic carbocycles. The summed E-state index contributed by atoms with van der Waals surface area (Å²) in [6.07, 6.45) is 0. The maximum absolute atomic E-state index is 12.4. The zero-order valence-corrected chi connectivity index (χ0v) is 9.52. The van der Waals surface area contributed by atoms with Crippen LogP contribution in [0.2, 0.25) is 19.6 Å². The minimum absolute atomic E-state index is 0.482. The monoisotopic (exact) mass is 217 g/mol. The molecule has 0 radical (unpaired) electrons. The fourth-order valence-electron chi connectivity index (χ4n) is 1.21. The van der Waals surface area contributed by atoms with Gasteiger partial charge in [0.05, 0.1) is 8.07 Å². The standard InChI is InChI=1S/C9H13BF3Si/c1-14(2,3)9-6-4-5-8(7-9)10(11,12)13/h4-7H,1-3H3/q-1. The van der Waals surface area contributed by atoms with Crippen molar-refractivity contribution in [3.63, 3.8) is 0 Å². The molecule has 0 atom stereocenters. The van der Waals surface area contributed by atoms with E-state index in [1.54, 1.807) is 6.07 Å². The first-order valence-electron chi connectivity index (χ1n) is 4.51. The van der Waals surface area contributed by atoms with E-state index in [4.69, 9.17) is 0 Å². The average Bonchev–Trinajstić information content (AvgIpc) is 2.01. The molecular weight excluding hydrogens is 204 g/mol. The van der Waals surface area contributed by atoms with E-state index in [2.05, 4.69) is 0 Å². The van der Waals surface area contributed by atoms with Gasteiger partial charge in [-0.3, -0.25) is 0 Å². The van der Waals surface area contributed by atoms with E-state index in [-0.39, 0.29) is 0 Å². The Morgan fingerprint density at radius 3 is 2.07 bits per heavy atom. The third kappa shape index (κ3) is 2.64. The summed E-state index contributed by atoms with van der Waals surface area (Å²) < 4.78 is 37.3. The van der Waals surface area contributed by atoms with Crippen molar-refractivity contribution in [2.24, 2.45) is 0 Å². The van der Waals surface area contributed by atoms with E-state index in [0.717, 1.165) is 11.3 Å². The molecule has 0 aliphatic heterocycles. The van der Waals surface area contributed by atoms with Crippen LogP contribution in [0.25, 0.3) is 0 Å². The summed E-state index contributed by atoms with van der Waals surface area (Å²) in [5.74, 6) is 0. The van der Waals surface area contributed by atoms with Crippen LogP contribution in [0.3, 0.4) is 0 Å². The highest BCUT2D eigenvalue weighted by Crippen LogP contribution is 2.09. The number of rotatable bonds is 2. The Hall–Kier alpha value is -0.708. The van der Waals surface area contributed by atoms with E-state index in [1.807, 2.05) is 19.6 Å². The molecule has 0 spiro atoms. The molecule has 0 saturated carbocycles. The first kappa shape index (κ1) is 11.4. The molecule has 0 fully saturated rings. The second-order valence-corrected chi connectivity index (χ2v) is 9.53. The van der Waals surface area contributed by atoms with Gasteiger partial charge in [0.1, 0.15) is 0 Å². The van der Waals surface area contributed by atoms with E-state index < -0.39 is 20.5 Å². The highest BCUT2D eigenvalue weighted by molar-refractivity contribution is 6.89. The maximum atomic E-state index is 12.4. The van der Waals surface area contributed by atoms with Gasteiger partial charge in [0.2, 0.25) is 0 Å². The number of hydrogen-bond acceptors (Lipinski definition) is 0. The van der Waals surface area contributed by atoms with Crippen molar-refractivity contribution in [1.29, 1.82) is 0 Å². The first-order chi connectivity index (χ1) is 6.21. The van der Waals surface area contributed by atoms with Crippen molar-refractivity contribution in [2.75, 3.05) is 0 Å². The largest absolute Gasteiger partial charge is 0.509 e. The van der Waals surface area contributed by atoms with Gasteiger partial charge >= 0.3 is 6.98 Å². The first-order valence-corrected chi connectivity index (χ1v) is 8.01. The Bertz CT molecular complexity index is 298. The van der Waals surface area contributed by atoms with Crippen molar-refractivity contribution in [1.82, 2.24) is 0 Å². The molecule has 1 rings (SSSR count). The minimum atomic E-state index is -4.85. The van der Waals surface area contributed by atoms with Crippen LogP contribution in [0, 0.1) is 0 Å². The normalized spacial score (nSPS) is 13.0. The third-order valence-corrected chi connectivity index (χ3v) is 4.17. The fraction of sp³-hybridized carbons (Fsp3) is 0.333. The van der Waals surface area contributed by atoms with Crippen molar-refractivity contribution in [3.8, 4) is 0 Å². The molecule has 0 saturated heterocycles. The zero-order valence-electron chi connectivity index (χ0n) is 8.52. The van der Waals surface area contributed by atoms with Gasteiger partial charge in [-0.2, -0.15) is 0 Å². The quantitative estimate of drug-likeness (QED) is 0.666. The van der Waals surface area contributed by atoms with Crippen LogP contribution in [0.5, 0.6) is 0 Å². The second kappa shape index (κ2) is 3.46. The maximum Gasteiger partial charge on any atom is 0.509 e. The van der Waals surface area contributed by atoms with Crippen molar-refractivity contribution in [2.45, 2.75) is 19.6 Å². The van der Waals surface area contributed by atoms with Crippen LogP contribution in [-0.2, 0) is 0 Å². The van der Waals surface area contributed by atoms with Gasteiger partial charge in [-0.05, 0) is 0 Å². The fourth-order valence-corrected chi connectivity index (χ4v) is 2.40. The summed E-state index contributed by atoms with van der Waals surface area (Å²) in [4.78, 5) is 0. The molecule has 0 aliphatic rings. The predicted molar refractivity (Wildman–Crippen MR) is 58.1 cm³/mol. The summed E-state index contributed by atoms with van der Waals surface area (Å²) >= 11 is 0. The highest BCUT2D eigenvalue weighted by Gasteiger charge is 2.27. The summed E-state index contributed by atoms with van der Waals surface area (Å²) in [6, 6.07) is 5.73. The van der Waals surface area contributed by atoms with Crippen LogP contribution >= 0.6 is 0 Å². The molecule has 0 amide bonds. The molecule has 0 unspecified atom stereocenters. The van der Waals surface area contributed by atoms with Gasteiger partial charge in [0, 0.05) is 0 Å². The summed E-state index contributed by atoms with van der Waals surface area (Å²) in [5.41, 5.74) is -0.482. The second-order valence-electron chi connectivity index (χ2n) is 4.45. The van der Waals surface area contributed by atoms with Gasteiger partial charge in [0.15, 0.2) is 0 Å². The van der Waals surface area contributed by atoms with E-state index in [0.29, 0.717) is 0 Å². The average molecular weight is 217 g/mol. The van der Waals surface area contributed by atoms with Crippen molar-refractivity contribution >= 4 is 25.7 Å². The number of halogens is 3. The molecule has 0 aromatic heterocycles. The molecule has 0 N–H and O–H groups in total. The molecule has 1 aromatic rings. The lowest BCUT2D eigenvalue weighted by atomic mass is 9.80. The molecule has 0 nitrogen and oxygen atoms in total. The lowest BCUT2D eigenvalue weighted by Gasteiger charge is -2.21. The molecule has 0 heterocycles. The van der Waals surface area contributed by atoms with Crippen molar-refractivity contribution < 1.29 is 12.9 Å². The Labute approximate surface area is 83.2 Å². The van der Waals surface area contributed by atoms with E-state index in [1.165, 1.54) is 12.1 Å².